The Morgan fingerprint density at radius 3 is 2.64 bits per heavy atom. The summed E-state index contributed by atoms with van der Waals surface area (Å²) in [6.07, 6.45) is 4.03. The quantitative estimate of drug-likeness (QED) is 0.650. The maximum Gasteiger partial charge on any atom is 0.321 e. The summed E-state index contributed by atoms with van der Waals surface area (Å²) in [5.74, 6) is 0.468. The number of benzene rings is 2. The lowest BCUT2D eigenvalue weighted by Gasteiger charge is -2.32. The molecule has 0 spiro atoms. The van der Waals surface area contributed by atoms with E-state index in [4.69, 9.17) is 11.6 Å². The van der Waals surface area contributed by atoms with Crippen molar-refractivity contribution in [3.05, 3.63) is 65.3 Å². The highest BCUT2D eigenvalue weighted by Gasteiger charge is 2.25. The second kappa shape index (κ2) is 6.81. The molecule has 1 aliphatic heterocycles. The molecule has 1 saturated heterocycles. The minimum atomic E-state index is -0.0182. The van der Waals surface area contributed by atoms with E-state index in [0.29, 0.717) is 5.92 Å². The van der Waals surface area contributed by atoms with Crippen LogP contribution in [0.4, 0.5) is 10.5 Å². The number of hydrogen-bond donors (Lipinski definition) is 2. The predicted octanol–water partition coefficient (Wildman–Crippen LogP) is 5.23. The van der Waals surface area contributed by atoms with Crippen LogP contribution in [0.3, 0.4) is 0 Å². The van der Waals surface area contributed by atoms with Crippen molar-refractivity contribution in [2.45, 2.75) is 18.8 Å². The van der Waals surface area contributed by atoms with Crippen molar-refractivity contribution in [3.8, 4) is 0 Å². The Kier molecular flexibility index (Phi) is 4.36. The molecule has 2 amide bonds. The fraction of sp³-hybridized carbons (Fsp3) is 0.250. The molecule has 4 nitrogen and oxygen atoms in total. The zero-order chi connectivity index (χ0) is 17.2. The van der Waals surface area contributed by atoms with E-state index in [1.165, 1.54) is 10.9 Å². The number of urea groups is 1. The van der Waals surface area contributed by atoms with Gasteiger partial charge < -0.3 is 15.2 Å². The van der Waals surface area contributed by atoms with Crippen LogP contribution in [0.1, 0.15) is 24.3 Å². The number of nitrogens with zero attached hydrogens (tertiary/aromatic N) is 1. The molecular weight excluding hydrogens is 334 g/mol. The highest BCUT2D eigenvalue weighted by molar-refractivity contribution is 6.31. The Morgan fingerprint density at radius 2 is 1.88 bits per heavy atom. The van der Waals surface area contributed by atoms with Crippen molar-refractivity contribution in [1.82, 2.24) is 9.88 Å². The second-order valence-corrected chi connectivity index (χ2v) is 6.93. The van der Waals surface area contributed by atoms with Crippen molar-refractivity contribution in [3.63, 3.8) is 0 Å². The van der Waals surface area contributed by atoms with Crippen LogP contribution in [0, 0.1) is 0 Å². The SMILES string of the molecule is O=C(Nc1ccccc1)N1CCC(c2c[nH]c3cc(Cl)ccc23)CC1. The molecular formula is C20H20ClN3O. The van der Waals surface area contributed by atoms with Crippen molar-refractivity contribution < 1.29 is 4.79 Å². The van der Waals surface area contributed by atoms with Gasteiger partial charge in [0, 0.05) is 40.9 Å². The Hall–Kier alpha value is -2.46. The summed E-state index contributed by atoms with van der Waals surface area (Å²) >= 11 is 6.06. The molecule has 1 aliphatic rings. The summed E-state index contributed by atoms with van der Waals surface area (Å²) in [5, 5.41) is 4.94. The zero-order valence-electron chi connectivity index (χ0n) is 13.8. The lowest BCUT2D eigenvalue weighted by Crippen LogP contribution is -2.40. The first-order chi connectivity index (χ1) is 12.2. The first-order valence-corrected chi connectivity index (χ1v) is 8.96. The molecule has 5 heteroatoms. The van der Waals surface area contributed by atoms with Crippen molar-refractivity contribution in [2.24, 2.45) is 0 Å². The van der Waals surface area contributed by atoms with Gasteiger partial charge in [-0.3, -0.25) is 0 Å². The van der Waals surface area contributed by atoms with Crippen LogP contribution in [0.25, 0.3) is 10.9 Å². The summed E-state index contributed by atoms with van der Waals surface area (Å²) in [7, 11) is 0. The van der Waals surface area contributed by atoms with Gasteiger partial charge in [-0.2, -0.15) is 0 Å². The second-order valence-electron chi connectivity index (χ2n) is 6.49. The molecule has 0 radical (unpaired) electrons. The van der Waals surface area contributed by atoms with Crippen LogP contribution in [-0.2, 0) is 0 Å². The van der Waals surface area contributed by atoms with E-state index < -0.39 is 0 Å². The van der Waals surface area contributed by atoms with E-state index in [0.717, 1.165) is 42.2 Å². The largest absolute Gasteiger partial charge is 0.361 e. The third-order valence-corrected chi connectivity index (χ3v) is 5.16. The number of amides is 2. The minimum absolute atomic E-state index is 0.0182. The third kappa shape index (κ3) is 3.35. The van der Waals surface area contributed by atoms with E-state index >= 15 is 0 Å². The Balaban J connectivity index is 1.41. The van der Waals surface area contributed by atoms with Crippen LogP contribution >= 0.6 is 11.6 Å². The number of likely N-dealkylation sites (tertiary alicyclic amines) is 1. The fourth-order valence-corrected chi connectivity index (χ4v) is 3.75. The maximum atomic E-state index is 12.4. The Labute approximate surface area is 151 Å². The first-order valence-electron chi connectivity index (χ1n) is 8.58. The van der Waals surface area contributed by atoms with Gasteiger partial charge in [0.15, 0.2) is 0 Å². The van der Waals surface area contributed by atoms with Crippen molar-refractivity contribution in [2.75, 3.05) is 18.4 Å². The average Bonchev–Trinajstić information content (AvgIpc) is 3.05. The maximum absolute atomic E-state index is 12.4. The number of piperidine rings is 1. The number of anilines is 1. The number of hydrogen-bond acceptors (Lipinski definition) is 1. The van der Waals surface area contributed by atoms with Gasteiger partial charge in [-0.25, -0.2) is 4.79 Å². The van der Waals surface area contributed by atoms with E-state index in [2.05, 4.69) is 22.6 Å². The Morgan fingerprint density at radius 1 is 1.12 bits per heavy atom. The molecule has 0 unspecified atom stereocenters. The normalized spacial score (nSPS) is 15.5. The average molecular weight is 354 g/mol. The minimum Gasteiger partial charge on any atom is -0.361 e. The van der Waals surface area contributed by atoms with Gasteiger partial charge in [0.2, 0.25) is 0 Å². The number of nitrogens with one attached hydrogen (secondary N) is 2. The van der Waals surface area contributed by atoms with E-state index in [1.807, 2.05) is 47.4 Å². The molecule has 2 N–H and O–H groups in total. The summed E-state index contributed by atoms with van der Waals surface area (Å²) in [6, 6.07) is 15.6. The van der Waals surface area contributed by atoms with Gasteiger partial charge in [0.05, 0.1) is 0 Å². The molecule has 128 valence electrons. The van der Waals surface area contributed by atoms with Gasteiger partial charge in [-0.15, -0.1) is 0 Å². The predicted molar refractivity (Wildman–Crippen MR) is 102 cm³/mol. The number of aromatic nitrogens is 1. The number of carbonyl (C=O) groups is 1. The summed E-state index contributed by atoms with van der Waals surface area (Å²) in [4.78, 5) is 17.6. The summed E-state index contributed by atoms with van der Waals surface area (Å²) in [5.41, 5.74) is 3.24. The molecule has 2 aromatic carbocycles. The molecule has 25 heavy (non-hydrogen) atoms. The van der Waals surface area contributed by atoms with Gasteiger partial charge in [0.1, 0.15) is 0 Å². The topological polar surface area (TPSA) is 48.1 Å². The van der Waals surface area contributed by atoms with Crippen LogP contribution in [0.2, 0.25) is 5.02 Å². The molecule has 2 heterocycles. The van der Waals surface area contributed by atoms with Gasteiger partial charge >= 0.3 is 6.03 Å². The number of H-pyrrole nitrogens is 1. The van der Waals surface area contributed by atoms with Crippen LogP contribution in [0.15, 0.2) is 54.7 Å². The molecule has 0 bridgehead atoms. The van der Waals surface area contributed by atoms with Crippen molar-refractivity contribution in [1.29, 1.82) is 0 Å². The van der Waals surface area contributed by atoms with Crippen LogP contribution in [-0.4, -0.2) is 29.0 Å². The van der Waals surface area contributed by atoms with E-state index in [9.17, 15) is 4.79 Å². The number of carbonyl (C=O) groups excluding carboxylic acids is 1. The van der Waals surface area contributed by atoms with Crippen LogP contribution in [0.5, 0.6) is 0 Å². The molecule has 4 rings (SSSR count). The summed E-state index contributed by atoms with van der Waals surface area (Å²) < 4.78 is 0. The van der Waals surface area contributed by atoms with E-state index in [1.54, 1.807) is 0 Å². The van der Waals surface area contributed by atoms with Crippen LogP contribution < -0.4 is 5.32 Å². The van der Waals surface area contributed by atoms with Gasteiger partial charge in [-0.1, -0.05) is 35.9 Å². The smallest absolute Gasteiger partial charge is 0.321 e. The molecule has 0 atom stereocenters. The summed E-state index contributed by atoms with van der Waals surface area (Å²) in [6.45, 7) is 1.53. The number of para-hydroxylation sites is 1. The molecule has 0 aliphatic carbocycles. The molecule has 3 aromatic rings. The lowest BCUT2D eigenvalue weighted by atomic mass is 9.89. The molecule has 0 saturated carbocycles. The van der Waals surface area contributed by atoms with Crippen molar-refractivity contribution >= 4 is 34.2 Å². The highest BCUT2D eigenvalue weighted by atomic mass is 35.5. The fourth-order valence-electron chi connectivity index (χ4n) is 3.58. The lowest BCUT2D eigenvalue weighted by molar-refractivity contribution is 0.195. The van der Waals surface area contributed by atoms with Gasteiger partial charge in [0.25, 0.3) is 0 Å². The number of rotatable bonds is 2. The molecule has 1 aromatic heterocycles. The highest BCUT2D eigenvalue weighted by Crippen LogP contribution is 2.34. The monoisotopic (exact) mass is 353 g/mol. The zero-order valence-corrected chi connectivity index (χ0v) is 14.6. The molecule has 1 fully saturated rings. The standard InChI is InChI=1S/C20H20ClN3O/c21-15-6-7-17-18(13-22-19(17)12-15)14-8-10-24(11-9-14)20(25)23-16-4-2-1-3-5-16/h1-7,12-14,22H,8-11H2,(H,23,25). The number of fused-ring (bicyclic) bond motifs is 1. The number of aromatic amines is 1. The third-order valence-electron chi connectivity index (χ3n) is 4.92. The number of halogens is 1. The Bertz CT molecular complexity index is 882. The van der Waals surface area contributed by atoms with Gasteiger partial charge in [-0.05, 0) is 48.6 Å². The van der Waals surface area contributed by atoms with E-state index in [-0.39, 0.29) is 6.03 Å². The first kappa shape index (κ1) is 16.0.